The molecule has 14 heteroatoms. The van der Waals surface area contributed by atoms with Crippen LogP contribution in [-0.4, -0.2) is 68.3 Å². The number of carbonyl (C=O) groups is 3. The van der Waals surface area contributed by atoms with E-state index >= 15 is 0 Å². The van der Waals surface area contributed by atoms with Gasteiger partial charge in [-0.15, -0.1) is 0 Å². The average molecular weight is 400 g/mol. The van der Waals surface area contributed by atoms with Crippen LogP contribution in [0.4, 0.5) is 0 Å². The van der Waals surface area contributed by atoms with Crippen molar-refractivity contribution in [2.75, 3.05) is 19.8 Å². The summed E-state index contributed by atoms with van der Waals surface area (Å²) in [5.74, 6) is -2.07. The smallest absolute Gasteiger partial charge is 0.303 e. The number of nitrogens with zero attached hydrogens (tertiary/aromatic N) is 6. The van der Waals surface area contributed by atoms with Gasteiger partial charge >= 0.3 is 17.9 Å². The van der Waals surface area contributed by atoms with Gasteiger partial charge in [-0.2, -0.15) is 0 Å². The van der Waals surface area contributed by atoms with Gasteiger partial charge in [0.05, 0.1) is 19.3 Å². The lowest BCUT2D eigenvalue weighted by Gasteiger charge is -2.40. The lowest BCUT2D eigenvalue weighted by atomic mass is 10.0. The van der Waals surface area contributed by atoms with Crippen molar-refractivity contribution in [3.8, 4) is 0 Å². The first kappa shape index (κ1) is 23.0. The van der Waals surface area contributed by atoms with E-state index in [9.17, 15) is 14.4 Å². The van der Waals surface area contributed by atoms with E-state index in [4.69, 9.17) is 34.7 Å². The second kappa shape index (κ2) is 11.6. The molecule has 1 saturated heterocycles. The Labute approximate surface area is 159 Å². The summed E-state index contributed by atoms with van der Waals surface area (Å²) in [6.45, 7) is 2.81. The van der Waals surface area contributed by atoms with Crippen molar-refractivity contribution in [3.05, 3.63) is 20.9 Å². The normalized spacial score (nSPS) is 24.7. The van der Waals surface area contributed by atoms with E-state index in [0.717, 1.165) is 20.8 Å². The Hall–Kier alpha value is -3.05. The van der Waals surface area contributed by atoms with Crippen molar-refractivity contribution in [3.63, 3.8) is 0 Å². The van der Waals surface area contributed by atoms with Crippen molar-refractivity contribution < 1.29 is 38.1 Å². The molecule has 0 aromatic carbocycles. The number of rotatable bonds is 9. The Bertz CT molecular complexity index is 675. The van der Waals surface area contributed by atoms with Crippen LogP contribution in [0.2, 0.25) is 0 Å². The Morgan fingerprint density at radius 2 is 1.64 bits per heavy atom. The summed E-state index contributed by atoms with van der Waals surface area (Å²) in [5.41, 5.74) is 16.9. The molecule has 0 aliphatic carbocycles. The van der Waals surface area contributed by atoms with Crippen LogP contribution >= 0.6 is 0 Å². The Morgan fingerprint density at radius 3 is 2.18 bits per heavy atom. The maximum Gasteiger partial charge on any atom is 0.303 e. The molecule has 28 heavy (non-hydrogen) atoms. The molecule has 1 aliphatic rings. The number of hydrogen-bond donors (Lipinski definition) is 0. The highest BCUT2D eigenvalue weighted by Gasteiger charge is 2.47. The van der Waals surface area contributed by atoms with Crippen LogP contribution in [0.5, 0.6) is 0 Å². The molecule has 1 aliphatic heterocycles. The molecular formula is C14H20N6O8. The topological polar surface area (TPSA) is 195 Å². The van der Waals surface area contributed by atoms with E-state index in [0.29, 0.717) is 0 Å². The van der Waals surface area contributed by atoms with Gasteiger partial charge in [-0.05, 0) is 11.1 Å². The largest absolute Gasteiger partial charge is 0.456 e. The Morgan fingerprint density at radius 1 is 1.04 bits per heavy atom. The quantitative estimate of drug-likeness (QED) is 0.180. The number of ether oxygens (including phenoxy) is 5. The van der Waals surface area contributed by atoms with Gasteiger partial charge in [0.2, 0.25) is 0 Å². The standard InChI is InChI=1S/C14H20N6O8/c1-7(21)26-11-6-25-14(24-5-10(18-20-16)4-17-19-15)13(28-9(3)23)12(11)27-8(2)22/h10-14H,4-6H2,1-3H3/t10-,11+,12-,13+,14+/m0/s1. The Balaban J connectivity index is 3.00. The highest BCUT2D eigenvalue weighted by molar-refractivity contribution is 5.68. The lowest BCUT2D eigenvalue weighted by Crippen LogP contribution is -2.58. The maximum atomic E-state index is 11.5. The van der Waals surface area contributed by atoms with Crippen molar-refractivity contribution in [1.82, 2.24) is 0 Å². The minimum Gasteiger partial charge on any atom is -0.456 e. The summed E-state index contributed by atoms with van der Waals surface area (Å²) in [4.78, 5) is 39.5. The molecule has 0 aromatic heterocycles. The first-order valence-corrected chi connectivity index (χ1v) is 8.08. The van der Waals surface area contributed by atoms with Gasteiger partial charge < -0.3 is 23.7 Å². The molecule has 0 aromatic rings. The van der Waals surface area contributed by atoms with Gasteiger partial charge in [-0.3, -0.25) is 14.4 Å². The van der Waals surface area contributed by atoms with Gasteiger partial charge in [0.25, 0.3) is 0 Å². The molecule has 14 nitrogen and oxygen atoms in total. The summed E-state index contributed by atoms with van der Waals surface area (Å²) < 4.78 is 26.3. The molecule has 0 unspecified atom stereocenters. The van der Waals surface area contributed by atoms with Gasteiger partial charge in [0.1, 0.15) is 0 Å². The van der Waals surface area contributed by atoms with Crippen molar-refractivity contribution in [2.24, 2.45) is 10.2 Å². The predicted octanol–water partition coefficient (Wildman–Crippen LogP) is 1.14. The van der Waals surface area contributed by atoms with Crippen molar-refractivity contribution in [2.45, 2.75) is 51.4 Å². The molecule has 0 radical (unpaired) electrons. The minimum absolute atomic E-state index is 0.172. The maximum absolute atomic E-state index is 11.5. The molecule has 0 bridgehead atoms. The Kier molecular flexibility index (Phi) is 9.54. The number of azide groups is 2. The number of hydrogen-bond acceptors (Lipinski definition) is 10. The molecule has 1 rings (SSSR count). The highest BCUT2D eigenvalue weighted by atomic mass is 16.7. The molecule has 154 valence electrons. The summed E-state index contributed by atoms with van der Waals surface area (Å²) in [6, 6.07) is -0.846. The van der Waals surface area contributed by atoms with Gasteiger partial charge in [0, 0.05) is 37.1 Å². The van der Waals surface area contributed by atoms with Crippen LogP contribution in [0.1, 0.15) is 20.8 Å². The van der Waals surface area contributed by atoms with Crippen LogP contribution in [0.25, 0.3) is 20.9 Å². The van der Waals surface area contributed by atoms with Gasteiger partial charge in [0.15, 0.2) is 24.6 Å². The summed E-state index contributed by atoms with van der Waals surface area (Å²) in [7, 11) is 0. The van der Waals surface area contributed by atoms with E-state index < -0.39 is 48.6 Å². The second-order valence-electron chi connectivity index (χ2n) is 5.60. The predicted molar refractivity (Wildman–Crippen MR) is 89.3 cm³/mol. The van der Waals surface area contributed by atoms with Crippen LogP contribution in [0, 0.1) is 0 Å². The first-order valence-electron chi connectivity index (χ1n) is 8.08. The minimum atomic E-state index is -1.26. The SMILES string of the molecule is CC(=O)O[C@@H]1[C@@H](OC(C)=O)[C@H](OC[C@H](CN=[N+]=[N-])N=[N+]=[N-])OC[C@H]1OC(C)=O. The molecule has 0 saturated carbocycles. The van der Waals surface area contributed by atoms with E-state index in [1.165, 1.54) is 0 Å². The van der Waals surface area contributed by atoms with Crippen LogP contribution in [0.3, 0.4) is 0 Å². The monoisotopic (exact) mass is 400 g/mol. The third-order valence-electron chi connectivity index (χ3n) is 3.33. The third-order valence-corrected chi connectivity index (χ3v) is 3.33. The summed E-state index contributed by atoms with van der Waals surface area (Å²) >= 11 is 0. The fourth-order valence-electron chi connectivity index (χ4n) is 2.38. The van der Waals surface area contributed by atoms with Crippen LogP contribution in [-0.2, 0) is 38.1 Å². The van der Waals surface area contributed by atoms with Gasteiger partial charge in [-0.25, -0.2) is 0 Å². The van der Waals surface area contributed by atoms with Crippen LogP contribution < -0.4 is 0 Å². The number of carbonyl (C=O) groups excluding carboxylic acids is 3. The fourth-order valence-corrected chi connectivity index (χ4v) is 2.38. The van der Waals surface area contributed by atoms with Crippen molar-refractivity contribution in [1.29, 1.82) is 0 Å². The molecule has 0 amide bonds. The van der Waals surface area contributed by atoms with Crippen LogP contribution in [0.15, 0.2) is 10.2 Å². The fraction of sp³-hybridized carbons (Fsp3) is 0.786. The first-order chi connectivity index (χ1) is 13.3. The number of esters is 3. The lowest BCUT2D eigenvalue weighted by molar-refractivity contribution is -0.281. The third kappa shape index (κ3) is 7.68. The second-order valence-corrected chi connectivity index (χ2v) is 5.60. The average Bonchev–Trinajstić information content (AvgIpc) is 2.60. The zero-order valence-electron chi connectivity index (χ0n) is 15.5. The molecule has 1 heterocycles. The molecule has 1 fully saturated rings. The van der Waals surface area contributed by atoms with Crippen molar-refractivity contribution >= 4 is 17.9 Å². The zero-order chi connectivity index (χ0) is 21.1. The molecule has 5 atom stereocenters. The highest BCUT2D eigenvalue weighted by Crippen LogP contribution is 2.25. The summed E-state index contributed by atoms with van der Waals surface area (Å²) in [5, 5.41) is 6.73. The molecule has 0 N–H and O–H groups in total. The van der Waals surface area contributed by atoms with E-state index in [1.54, 1.807) is 0 Å². The van der Waals surface area contributed by atoms with E-state index in [1.807, 2.05) is 0 Å². The van der Waals surface area contributed by atoms with E-state index in [2.05, 4.69) is 20.1 Å². The van der Waals surface area contributed by atoms with Gasteiger partial charge in [-0.1, -0.05) is 10.2 Å². The molecular weight excluding hydrogens is 380 g/mol. The summed E-state index contributed by atoms with van der Waals surface area (Å²) in [6.07, 6.45) is -4.69. The van der Waals surface area contributed by atoms with E-state index in [-0.39, 0.29) is 19.8 Å². The zero-order valence-corrected chi connectivity index (χ0v) is 15.5. The molecule has 0 spiro atoms.